The maximum Gasteiger partial charge on any atom is 0.262 e. The number of carbonyl (C=O) groups is 2. The Morgan fingerprint density at radius 3 is 2.43 bits per heavy atom. The molecule has 0 aliphatic heterocycles. The van der Waals surface area contributed by atoms with Gasteiger partial charge >= 0.3 is 0 Å². The lowest BCUT2D eigenvalue weighted by molar-refractivity contribution is -0.118. The van der Waals surface area contributed by atoms with Crippen LogP contribution in [-0.4, -0.2) is 18.3 Å². The number of aryl methyl sites for hydroxylation is 1. The van der Waals surface area contributed by atoms with Crippen LogP contribution >= 0.6 is 11.3 Å². The Bertz CT molecular complexity index is 1110. The molecule has 6 heteroatoms. The number of ketones is 1. The van der Waals surface area contributed by atoms with Gasteiger partial charge in [0.1, 0.15) is 16.8 Å². The normalized spacial score (nSPS) is 12.5. The second-order valence-electron chi connectivity index (χ2n) is 7.08. The van der Waals surface area contributed by atoms with Crippen molar-refractivity contribution in [3.63, 3.8) is 0 Å². The van der Waals surface area contributed by atoms with Gasteiger partial charge in [0.05, 0.1) is 5.56 Å². The first-order valence-electron chi connectivity index (χ1n) is 9.83. The molecule has 0 bridgehead atoms. The molecule has 1 amide bonds. The van der Waals surface area contributed by atoms with Crippen molar-refractivity contribution >= 4 is 28.0 Å². The molecule has 4 rings (SSSR count). The van der Waals surface area contributed by atoms with E-state index in [4.69, 9.17) is 4.74 Å². The van der Waals surface area contributed by atoms with Crippen molar-refractivity contribution in [1.29, 1.82) is 5.26 Å². The van der Waals surface area contributed by atoms with Gasteiger partial charge in [0, 0.05) is 16.0 Å². The number of nitrogens with one attached hydrogen (secondary N) is 1. The van der Waals surface area contributed by atoms with Crippen LogP contribution in [0, 0.1) is 11.3 Å². The SMILES string of the molecule is N#Cc1c(NC(=O)COc2ccc(C(=O)c3ccccc3)cc2)sc2c1CCCC2. The first kappa shape index (κ1) is 19.9. The molecule has 0 atom stereocenters. The summed E-state index contributed by atoms with van der Waals surface area (Å²) < 4.78 is 5.55. The van der Waals surface area contributed by atoms with Crippen molar-refractivity contribution < 1.29 is 14.3 Å². The minimum absolute atomic E-state index is 0.0643. The second-order valence-corrected chi connectivity index (χ2v) is 8.19. The quantitative estimate of drug-likeness (QED) is 0.588. The monoisotopic (exact) mass is 416 g/mol. The van der Waals surface area contributed by atoms with Gasteiger partial charge in [0.25, 0.3) is 5.91 Å². The summed E-state index contributed by atoms with van der Waals surface area (Å²) >= 11 is 1.49. The summed E-state index contributed by atoms with van der Waals surface area (Å²) in [5.74, 6) is 0.126. The zero-order chi connectivity index (χ0) is 20.9. The predicted molar refractivity (Wildman–Crippen MR) is 116 cm³/mol. The van der Waals surface area contributed by atoms with Gasteiger partial charge in [-0.05, 0) is 55.5 Å². The van der Waals surface area contributed by atoms with Crippen molar-refractivity contribution in [1.82, 2.24) is 0 Å². The number of hydrogen-bond donors (Lipinski definition) is 1. The molecule has 0 saturated carbocycles. The molecule has 0 spiro atoms. The summed E-state index contributed by atoms with van der Waals surface area (Å²) in [5.41, 5.74) is 2.86. The maximum atomic E-state index is 12.4. The smallest absolute Gasteiger partial charge is 0.262 e. The Hall–Kier alpha value is -3.43. The molecule has 1 aromatic heterocycles. The first-order valence-corrected chi connectivity index (χ1v) is 10.6. The zero-order valence-electron chi connectivity index (χ0n) is 16.3. The zero-order valence-corrected chi connectivity index (χ0v) is 17.1. The van der Waals surface area contributed by atoms with E-state index in [1.807, 2.05) is 18.2 Å². The van der Waals surface area contributed by atoms with E-state index in [-0.39, 0.29) is 18.3 Å². The Morgan fingerprint density at radius 2 is 1.70 bits per heavy atom. The number of hydrogen-bond acceptors (Lipinski definition) is 5. The van der Waals surface area contributed by atoms with E-state index in [2.05, 4.69) is 11.4 Å². The number of amides is 1. The van der Waals surface area contributed by atoms with E-state index >= 15 is 0 Å². The van der Waals surface area contributed by atoms with Crippen LogP contribution in [0.2, 0.25) is 0 Å². The number of carbonyl (C=O) groups excluding carboxylic acids is 2. The molecule has 3 aromatic rings. The average Bonchev–Trinajstić information content (AvgIpc) is 3.15. The summed E-state index contributed by atoms with van der Waals surface area (Å²) in [5, 5.41) is 12.9. The van der Waals surface area contributed by atoms with Crippen molar-refractivity contribution in [3.05, 3.63) is 81.7 Å². The fourth-order valence-corrected chi connectivity index (χ4v) is 4.80. The summed E-state index contributed by atoms with van der Waals surface area (Å²) in [6.45, 7) is -0.167. The number of benzene rings is 2. The minimum atomic E-state index is -0.311. The number of fused-ring (bicyclic) bond motifs is 1. The largest absolute Gasteiger partial charge is 0.484 e. The Morgan fingerprint density at radius 1 is 1.00 bits per heavy atom. The number of nitrogens with zero attached hydrogens (tertiary/aromatic N) is 1. The summed E-state index contributed by atoms with van der Waals surface area (Å²) in [4.78, 5) is 26.0. The summed E-state index contributed by atoms with van der Waals surface area (Å²) in [6, 6.07) is 18.0. The average molecular weight is 417 g/mol. The number of rotatable bonds is 6. The standard InChI is InChI=1S/C24H20N2O3S/c25-14-20-19-8-4-5-9-21(19)30-24(20)26-22(27)15-29-18-12-10-17(11-13-18)23(28)16-6-2-1-3-7-16/h1-3,6-7,10-13H,4-5,8-9,15H2,(H,26,27). The molecule has 0 radical (unpaired) electrons. The third kappa shape index (κ3) is 4.27. The summed E-state index contributed by atoms with van der Waals surface area (Å²) in [6.07, 6.45) is 4.07. The van der Waals surface area contributed by atoms with Crippen LogP contribution in [0.4, 0.5) is 5.00 Å². The van der Waals surface area contributed by atoms with Gasteiger partial charge < -0.3 is 10.1 Å². The van der Waals surface area contributed by atoms with Gasteiger partial charge in [-0.1, -0.05) is 30.3 Å². The maximum absolute atomic E-state index is 12.4. The molecule has 5 nitrogen and oxygen atoms in total. The topological polar surface area (TPSA) is 79.2 Å². The molecule has 30 heavy (non-hydrogen) atoms. The van der Waals surface area contributed by atoms with Gasteiger partial charge in [0.15, 0.2) is 12.4 Å². The Balaban J connectivity index is 1.36. The van der Waals surface area contributed by atoms with Crippen molar-refractivity contribution in [2.75, 3.05) is 11.9 Å². The Kier molecular flexibility index (Phi) is 5.92. The molecule has 2 aromatic carbocycles. The lowest BCUT2D eigenvalue weighted by atomic mass is 9.96. The number of thiophene rings is 1. The molecule has 1 N–H and O–H groups in total. The molecule has 0 saturated heterocycles. The molecule has 1 aliphatic rings. The van der Waals surface area contributed by atoms with Crippen LogP contribution < -0.4 is 10.1 Å². The van der Waals surface area contributed by atoms with Crippen LogP contribution in [0.3, 0.4) is 0 Å². The molecular weight excluding hydrogens is 396 g/mol. The highest BCUT2D eigenvalue weighted by Gasteiger charge is 2.21. The second kappa shape index (κ2) is 8.93. The highest BCUT2D eigenvalue weighted by atomic mass is 32.1. The van der Waals surface area contributed by atoms with E-state index in [9.17, 15) is 14.9 Å². The molecule has 1 heterocycles. The van der Waals surface area contributed by atoms with E-state index in [0.29, 0.717) is 27.4 Å². The molecule has 0 fully saturated rings. The predicted octanol–water partition coefficient (Wildman–Crippen LogP) is 4.75. The van der Waals surface area contributed by atoms with Gasteiger partial charge in [-0.25, -0.2) is 0 Å². The van der Waals surface area contributed by atoms with Gasteiger partial charge in [-0.3, -0.25) is 9.59 Å². The minimum Gasteiger partial charge on any atom is -0.484 e. The van der Waals surface area contributed by atoms with Crippen molar-refractivity contribution in [2.24, 2.45) is 0 Å². The molecule has 1 aliphatic carbocycles. The van der Waals surface area contributed by atoms with Crippen LogP contribution in [0.25, 0.3) is 0 Å². The highest BCUT2D eigenvalue weighted by molar-refractivity contribution is 7.16. The number of anilines is 1. The Labute approximate surface area is 178 Å². The van der Waals surface area contributed by atoms with Crippen molar-refractivity contribution in [3.8, 4) is 11.8 Å². The molecule has 0 unspecified atom stereocenters. The fourth-order valence-electron chi connectivity index (χ4n) is 3.54. The van der Waals surface area contributed by atoms with E-state index in [1.165, 1.54) is 16.2 Å². The fraction of sp³-hybridized carbons (Fsp3) is 0.208. The number of ether oxygens (including phenoxy) is 1. The lowest BCUT2D eigenvalue weighted by Gasteiger charge is -2.09. The van der Waals surface area contributed by atoms with Gasteiger partial charge in [-0.2, -0.15) is 5.26 Å². The van der Waals surface area contributed by atoms with Gasteiger partial charge in [-0.15, -0.1) is 11.3 Å². The molecular formula is C24H20N2O3S. The highest BCUT2D eigenvalue weighted by Crippen LogP contribution is 2.37. The van der Waals surface area contributed by atoms with E-state index in [0.717, 1.165) is 31.2 Å². The van der Waals surface area contributed by atoms with Crippen LogP contribution in [0.15, 0.2) is 54.6 Å². The third-order valence-electron chi connectivity index (χ3n) is 5.06. The number of nitriles is 1. The van der Waals surface area contributed by atoms with Crippen LogP contribution in [0.5, 0.6) is 5.75 Å². The molecule has 150 valence electrons. The van der Waals surface area contributed by atoms with E-state index in [1.54, 1.807) is 36.4 Å². The van der Waals surface area contributed by atoms with Crippen LogP contribution in [-0.2, 0) is 17.6 Å². The third-order valence-corrected chi connectivity index (χ3v) is 6.27. The van der Waals surface area contributed by atoms with E-state index < -0.39 is 0 Å². The first-order chi connectivity index (χ1) is 14.7. The van der Waals surface area contributed by atoms with Crippen LogP contribution in [0.1, 0.15) is 44.8 Å². The van der Waals surface area contributed by atoms with Crippen molar-refractivity contribution in [2.45, 2.75) is 25.7 Å². The summed E-state index contributed by atoms with van der Waals surface area (Å²) in [7, 11) is 0. The van der Waals surface area contributed by atoms with Gasteiger partial charge in [0.2, 0.25) is 0 Å². The lowest BCUT2D eigenvalue weighted by Crippen LogP contribution is -2.20.